The highest BCUT2D eigenvalue weighted by atomic mass is 32.2. The maximum Gasteiger partial charge on any atom is 0.201 e. The lowest BCUT2D eigenvalue weighted by atomic mass is 10.2. The molecule has 1 saturated carbocycles. The smallest absolute Gasteiger partial charge is 0.201 e. The monoisotopic (exact) mass is 291 g/mol. The fourth-order valence-corrected chi connectivity index (χ4v) is 4.47. The van der Waals surface area contributed by atoms with Gasteiger partial charge in [0, 0.05) is 11.3 Å². The van der Waals surface area contributed by atoms with E-state index in [1.54, 1.807) is 7.11 Å². The minimum absolute atomic E-state index is 0.456. The van der Waals surface area contributed by atoms with Gasteiger partial charge in [-0.05, 0) is 30.7 Å². The third-order valence-electron chi connectivity index (χ3n) is 4.06. The van der Waals surface area contributed by atoms with E-state index in [0.29, 0.717) is 17.2 Å². The van der Waals surface area contributed by atoms with Crippen molar-refractivity contribution in [1.29, 1.82) is 0 Å². The second kappa shape index (κ2) is 5.56. The second-order valence-corrected chi connectivity index (χ2v) is 6.68. The Bertz CT molecular complexity index is 610. The van der Waals surface area contributed by atoms with Crippen LogP contribution in [-0.4, -0.2) is 27.7 Å². The lowest BCUT2D eigenvalue weighted by molar-refractivity contribution is 0.419. The van der Waals surface area contributed by atoms with E-state index in [4.69, 9.17) is 10.5 Å². The van der Waals surface area contributed by atoms with Crippen molar-refractivity contribution < 1.29 is 4.74 Å². The average Bonchev–Trinajstić information content (AvgIpc) is 3.01. The summed E-state index contributed by atoms with van der Waals surface area (Å²) in [6.45, 7) is 2.22. The standard InChI is InChI=1S/C15H21N3OS/c1-3-20-13-9-5-6-10(13)18-11-7-4-8-12(19-2)14(11)17-15(18)16/h4,7-8,10,13H,3,5-6,9H2,1-2H3,(H2,16,17). The molecule has 20 heavy (non-hydrogen) atoms. The first-order valence-electron chi connectivity index (χ1n) is 7.18. The minimum atomic E-state index is 0.456. The van der Waals surface area contributed by atoms with E-state index in [9.17, 15) is 0 Å². The lowest BCUT2D eigenvalue weighted by Crippen LogP contribution is -2.18. The molecule has 2 atom stereocenters. The number of nitrogens with two attached hydrogens (primary N) is 1. The van der Waals surface area contributed by atoms with Crippen molar-refractivity contribution in [3.63, 3.8) is 0 Å². The molecule has 0 radical (unpaired) electrons. The number of rotatable bonds is 4. The second-order valence-electron chi connectivity index (χ2n) is 5.16. The van der Waals surface area contributed by atoms with E-state index in [2.05, 4.69) is 22.5 Å². The van der Waals surface area contributed by atoms with Crippen molar-refractivity contribution in [1.82, 2.24) is 9.55 Å². The van der Waals surface area contributed by atoms with E-state index >= 15 is 0 Å². The zero-order valence-electron chi connectivity index (χ0n) is 12.0. The molecule has 3 rings (SSSR count). The van der Waals surface area contributed by atoms with Gasteiger partial charge in [0.2, 0.25) is 5.95 Å². The molecule has 1 aromatic heterocycles. The normalized spacial score (nSPS) is 22.5. The summed E-state index contributed by atoms with van der Waals surface area (Å²) in [6, 6.07) is 6.49. The number of aromatic nitrogens is 2. The summed E-state index contributed by atoms with van der Waals surface area (Å²) in [4.78, 5) is 4.53. The van der Waals surface area contributed by atoms with Gasteiger partial charge < -0.3 is 15.0 Å². The number of fused-ring (bicyclic) bond motifs is 1. The first-order chi connectivity index (χ1) is 9.76. The molecule has 0 amide bonds. The molecule has 1 aliphatic carbocycles. The largest absolute Gasteiger partial charge is 0.494 e. The van der Waals surface area contributed by atoms with Gasteiger partial charge in [0.05, 0.1) is 12.6 Å². The molecule has 0 spiro atoms. The molecule has 0 saturated heterocycles. The summed E-state index contributed by atoms with van der Waals surface area (Å²) in [6.07, 6.45) is 3.72. The molecule has 0 bridgehead atoms. The van der Waals surface area contributed by atoms with Crippen LogP contribution in [0.25, 0.3) is 11.0 Å². The van der Waals surface area contributed by atoms with Gasteiger partial charge in [-0.15, -0.1) is 0 Å². The van der Waals surface area contributed by atoms with Crippen LogP contribution in [0.2, 0.25) is 0 Å². The van der Waals surface area contributed by atoms with Crippen LogP contribution in [-0.2, 0) is 0 Å². The Labute approximate surface area is 123 Å². The fraction of sp³-hybridized carbons (Fsp3) is 0.533. The highest BCUT2D eigenvalue weighted by molar-refractivity contribution is 7.99. The minimum Gasteiger partial charge on any atom is -0.494 e. The zero-order chi connectivity index (χ0) is 14.1. The number of anilines is 1. The summed E-state index contributed by atoms with van der Waals surface area (Å²) >= 11 is 2.04. The van der Waals surface area contributed by atoms with Crippen LogP contribution in [0.5, 0.6) is 5.75 Å². The first kappa shape index (κ1) is 13.6. The molecule has 1 heterocycles. The number of benzene rings is 1. The molecular weight excluding hydrogens is 270 g/mol. The topological polar surface area (TPSA) is 53.1 Å². The number of nitrogens with zero attached hydrogens (tertiary/aromatic N) is 2. The van der Waals surface area contributed by atoms with Crippen LogP contribution in [0, 0.1) is 0 Å². The number of ether oxygens (including phenoxy) is 1. The predicted octanol–water partition coefficient (Wildman–Crippen LogP) is 3.47. The maximum atomic E-state index is 6.20. The van der Waals surface area contributed by atoms with Crippen LogP contribution in [0.3, 0.4) is 0 Å². The van der Waals surface area contributed by atoms with Crippen molar-refractivity contribution in [2.75, 3.05) is 18.6 Å². The Kier molecular flexibility index (Phi) is 3.78. The van der Waals surface area contributed by atoms with Crippen LogP contribution in [0.15, 0.2) is 18.2 Å². The van der Waals surface area contributed by atoms with Crippen LogP contribution >= 0.6 is 11.8 Å². The first-order valence-corrected chi connectivity index (χ1v) is 8.23. The Morgan fingerprint density at radius 3 is 3.05 bits per heavy atom. The van der Waals surface area contributed by atoms with Gasteiger partial charge in [-0.2, -0.15) is 11.8 Å². The molecule has 2 N–H and O–H groups in total. The third kappa shape index (κ3) is 2.14. The lowest BCUT2D eigenvalue weighted by Gasteiger charge is -2.22. The Morgan fingerprint density at radius 2 is 2.30 bits per heavy atom. The number of hydrogen-bond donors (Lipinski definition) is 1. The van der Waals surface area contributed by atoms with Gasteiger partial charge in [0.1, 0.15) is 11.3 Å². The van der Waals surface area contributed by atoms with Gasteiger partial charge >= 0.3 is 0 Å². The number of thioether (sulfide) groups is 1. The molecular formula is C15H21N3OS. The molecule has 5 heteroatoms. The predicted molar refractivity (Wildman–Crippen MR) is 85.5 cm³/mol. The highest BCUT2D eigenvalue weighted by Gasteiger charge is 2.31. The van der Waals surface area contributed by atoms with E-state index in [1.165, 1.54) is 19.3 Å². The van der Waals surface area contributed by atoms with Crippen LogP contribution in [0.4, 0.5) is 5.95 Å². The quantitative estimate of drug-likeness (QED) is 0.937. The van der Waals surface area contributed by atoms with Crippen molar-refractivity contribution in [3.8, 4) is 5.75 Å². The number of nitrogen functional groups attached to an aromatic ring is 1. The molecule has 108 valence electrons. The molecule has 1 aliphatic rings. The number of methoxy groups -OCH3 is 1. The van der Waals surface area contributed by atoms with Gasteiger partial charge in [0.15, 0.2) is 0 Å². The Balaban J connectivity index is 2.09. The third-order valence-corrected chi connectivity index (χ3v) is 5.37. The summed E-state index contributed by atoms with van der Waals surface area (Å²) < 4.78 is 7.62. The van der Waals surface area contributed by atoms with Crippen molar-refractivity contribution in [3.05, 3.63) is 18.2 Å². The molecule has 1 aromatic carbocycles. The van der Waals surface area contributed by atoms with Gasteiger partial charge in [0.25, 0.3) is 0 Å². The Hall–Kier alpha value is -1.36. The SMILES string of the molecule is CCSC1CCCC1n1c(N)nc2c(OC)cccc21. The maximum absolute atomic E-state index is 6.20. The summed E-state index contributed by atoms with van der Waals surface area (Å²) in [5, 5.41) is 0.644. The van der Waals surface area contributed by atoms with Gasteiger partial charge in [-0.1, -0.05) is 19.4 Å². The number of hydrogen-bond acceptors (Lipinski definition) is 4. The van der Waals surface area contributed by atoms with E-state index in [0.717, 1.165) is 22.5 Å². The Morgan fingerprint density at radius 1 is 1.45 bits per heavy atom. The summed E-state index contributed by atoms with van der Waals surface area (Å²) in [5.41, 5.74) is 8.17. The molecule has 2 aromatic rings. The van der Waals surface area contributed by atoms with E-state index < -0.39 is 0 Å². The number of imidazole rings is 1. The summed E-state index contributed by atoms with van der Waals surface area (Å²) in [5.74, 6) is 2.56. The van der Waals surface area contributed by atoms with Crippen LogP contribution in [0.1, 0.15) is 32.2 Å². The van der Waals surface area contributed by atoms with Gasteiger partial charge in [-0.25, -0.2) is 4.98 Å². The van der Waals surface area contributed by atoms with Crippen molar-refractivity contribution >= 4 is 28.7 Å². The summed E-state index contributed by atoms with van der Waals surface area (Å²) in [7, 11) is 1.68. The number of para-hydroxylation sites is 1. The zero-order valence-corrected chi connectivity index (χ0v) is 12.8. The van der Waals surface area contributed by atoms with E-state index in [1.807, 2.05) is 23.9 Å². The van der Waals surface area contributed by atoms with E-state index in [-0.39, 0.29) is 0 Å². The molecule has 0 aliphatic heterocycles. The van der Waals surface area contributed by atoms with Gasteiger partial charge in [-0.3, -0.25) is 0 Å². The van der Waals surface area contributed by atoms with Crippen molar-refractivity contribution in [2.24, 2.45) is 0 Å². The van der Waals surface area contributed by atoms with Crippen LogP contribution < -0.4 is 10.5 Å². The highest BCUT2D eigenvalue weighted by Crippen LogP contribution is 2.42. The molecule has 1 fully saturated rings. The van der Waals surface area contributed by atoms with Crippen molar-refractivity contribution in [2.45, 2.75) is 37.5 Å². The molecule has 4 nitrogen and oxygen atoms in total. The fourth-order valence-electron chi connectivity index (χ4n) is 3.23. The average molecular weight is 291 g/mol. The molecule has 2 unspecified atom stereocenters.